The third-order valence-corrected chi connectivity index (χ3v) is 13.6. The van der Waals surface area contributed by atoms with E-state index in [9.17, 15) is 27.8 Å². The summed E-state index contributed by atoms with van der Waals surface area (Å²) in [5.41, 5.74) is 0. The summed E-state index contributed by atoms with van der Waals surface area (Å²) in [5.74, 6) is 0. The van der Waals surface area contributed by atoms with Gasteiger partial charge in [-0.05, 0) is 46.7 Å². The molecule has 0 aliphatic rings. The summed E-state index contributed by atoms with van der Waals surface area (Å²) in [6.45, 7) is -1.68. The van der Waals surface area contributed by atoms with Crippen LogP contribution in [0.5, 0.6) is 0 Å². The summed E-state index contributed by atoms with van der Waals surface area (Å²) < 4.78 is 96.9. The van der Waals surface area contributed by atoms with Crippen LogP contribution < -0.4 is 0 Å². The van der Waals surface area contributed by atoms with Crippen molar-refractivity contribution in [1.29, 1.82) is 0 Å². The minimum atomic E-state index is -10.8. The van der Waals surface area contributed by atoms with Crippen molar-refractivity contribution in [2.75, 3.05) is 6.61 Å². The molecule has 3 rings (SSSR count). The maximum Gasteiger partial charge on any atom is 0.304 e. The molecule has 0 radical (unpaired) electrons. The second kappa shape index (κ2) is 8.68. The Morgan fingerprint density at radius 1 is 0.735 bits per heavy atom. The van der Waals surface area contributed by atoms with Gasteiger partial charge in [0.25, 0.3) is 0 Å². The van der Waals surface area contributed by atoms with Gasteiger partial charge in [-0.25, -0.2) is 3.63 Å². The molecule has 0 fully saturated rings. The number of hydrogen-bond acceptors (Lipinski definition) is 4. The fourth-order valence-corrected chi connectivity index (χ4v) is 12.3. The van der Waals surface area contributed by atoms with E-state index in [2.05, 4.69) is 0 Å². The van der Waals surface area contributed by atoms with Gasteiger partial charge in [0.05, 0.1) is 12.0 Å². The normalized spacial score (nSPS) is 17.3. The second-order valence-corrected chi connectivity index (χ2v) is 15.1. The number of aliphatic hydroxyl groups is 1. The minimum Gasteiger partial charge on any atom is -0.395 e. The highest BCUT2D eigenvalue weighted by atomic mass is 35.5. The predicted octanol–water partition coefficient (Wildman–Crippen LogP) is 7.45. The maximum absolute atomic E-state index is 13.9. The molecule has 0 aliphatic heterocycles. The Morgan fingerprint density at radius 3 is 1.32 bits per heavy atom. The number of alkyl halides is 1. The smallest absolute Gasteiger partial charge is 0.304 e. The molecule has 0 aromatic heterocycles. The first-order chi connectivity index (χ1) is 15.6. The molecule has 0 aliphatic carbocycles. The lowest BCUT2D eigenvalue weighted by Crippen LogP contribution is -2.43. The molecular weight excluding hydrogens is 543 g/mol. The van der Waals surface area contributed by atoms with Crippen LogP contribution >= 0.6 is 32.1 Å². The quantitative estimate of drug-likeness (QED) is 0.217. The van der Waals surface area contributed by atoms with Crippen molar-refractivity contribution in [2.24, 2.45) is 0 Å². The minimum absolute atomic E-state index is 0.145. The third kappa shape index (κ3) is 5.52. The lowest BCUT2D eigenvalue weighted by Gasteiger charge is -2.48. The first-order valence-electron chi connectivity index (χ1n) is 9.53. The Labute approximate surface area is 200 Å². The van der Waals surface area contributed by atoms with Crippen molar-refractivity contribution >= 4 is 42.3 Å². The van der Waals surface area contributed by atoms with Crippen molar-refractivity contribution < 1.29 is 36.6 Å². The molecule has 4 nitrogen and oxygen atoms in total. The van der Waals surface area contributed by atoms with Gasteiger partial charge in [-0.3, -0.25) is 0 Å². The molecule has 2 unspecified atom stereocenters. The van der Waals surface area contributed by atoms with Gasteiger partial charge < -0.3 is 5.11 Å². The summed E-state index contributed by atoms with van der Waals surface area (Å²) in [6, 6.07) is 22.5. The highest BCUT2D eigenvalue weighted by Crippen LogP contribution is 3.01. The highest BCUT2D eigenvalue weighted by Gasteiger charge is 2.77. The zero-order chi connectivity index (χ0) is 25.3. The molecule has 13 heteroatoms. The van der Waals surface area contributed by atoms with E-state index in [1.165, 1.54) is 72.8 Å². The molecule has 0 amide bonds. The summed E-state index contributed by atoms with van der Waals surface area (Å²) in [6.07, 6.45) is 0. The van der Waals surface area contributed by atoms with E-state index in [4.69, 9.17) is 20.3 Å². The van der Waals surface area contributed by atoms with Gasteiger partial charge in [0.2, 0.25) is 4.58 Å². The largest absolute Gasteiger partial charge is 0.395 e. The molecule has 0 spiro atoms. The number of halogens is 6. The molecule has 188 valence electrons. The Balaban J connectivity index is 2.39. The topological polar surface area (TPSA) is 63.6 Å². The van der Waals surface area contributed by atoms with Crippen LogP contribution in [0.3, 0.4) is 0 Å². The van der Waals surface area contributed by atoms with E-state index in [1.807, 2.05) is 0 Å². The number of benzene rings is 3. The molecule has 34 heavy (non-hydrogen) atoms. The van der Waals surface area contributed by atoms with Crippen LogP contribution in [-0.4, -0.2) is 30.1 Å². The first-order valence-corrected chi connectivity index (χ1v) is 15.0. The molecular formula is C21H20ClF5O4S3. The van der Waals surface area contributed by atoms with E-state index in [0.717, 1.165) is 0 Å². The average Bonchev–Trinajstić information content (AvgIpc) is 2.77. The second-order valence-electron chi connectivity index (χ2n) is 7.15. The van der Waals surface area contributed by atoms with Crippen LogP contribution in [0.2, 0.25) is 0 Å². The van der Waals surface area contributed by atoms with Gasteiger partial charge in [0, 0.05) is 14.7 Å². The van der Waals surface area contributed by atoms with Crippen LogP contribution in [-0.2, 0) is 13.7 Å². The SMILES string of the molecule is O=S(=O)(OS(c1ccccc1)(c1ccccc1)c1ccccc1)C(C(Cl)CO)S(F)(F)(F)(F)F. The lowest BCUT2D eigenvalue weighted by atomic mass is 10.4. The zero-order valence-electron chi connectivity index (χ0n) is 17.2. The Bertz CT molecular complexity index is 1130. The van der Waals surface area contributed by atoms with Gasteiger partial charge in [0.1, 0.15) is 0 Å². The van der Waals surface area contributed by atoms with Crippen LogP contribution in [0.15, 0.2) is 106 Å². The number of hydrogen-bond donors (Lipinski definition) is 1. The number of aliphatic hydroxyl groups excluding tert-OH is 1. The molecule has 0 saturated carbocycles. The van der Waals surface area contributed by atoms with Crippen molar-refractivity contribution in [3.8, 4) is 0 Å². The molecule has 0 heterocycles. The van der Waals surface area contributed by atoms with Crippen molar-refractivity contribution in [3.05, 3.63) is 91.0 Å². The maximum atomic E-state index is 13.9. The van der Waals surface area contributed by atoms with Gasteiger partial charge in [-0.15, -0.1) is 11.6 Å². The van der Waals surface area contributed by atoms with Crippen LogP contribution in [0.4, 0.5) is 19.4 Å². The summed E-state index contributed by atoms with van der Waals surface area (Å²) >= 11 is 5.38. The molecule has 0 saturated heterocycles. The van der Waals surface area contributed by atoms with Gasteiger partial charge in [-0.1, -0.05) is 74.0 Å². The van der Waals surface area contributed by atoms with Crippen LogP contribution in [0, 0.1) is 0 Å². The highest BCUT2D eigenvalue weighted by molar-refractivity contribution is 8.50. The summed E-state index contributed by atoms with van der Waals surface area (Å²) in [4.78, 5) is 0.436. The fraction of sp³-hybridized carbons (Fsp3) is 0.143. The predicted molar refractivity (Wildman–Crippen MR) is 125 cm³/mol. The number of rotatable bonds is 9. The lowest BCUT2D eigenvalue weighted by molar-refractivity contribution is 0.279. The first kappa shape index (κ1) is 26.8. The van der Waals surface area contributed by atoms with Gasteiger partial charge in [0.15, 0.2) is 0 Å². The Hall–Kier alpha value is -1.83. The summed E-state index contributed by atoms with van der Waals surface area (Å²) in [7, 11) is -20.6. The molecule has 1 N–H and O–H groups in total. The molecule has 3 aromatic carbocycles. The van der Waals surface area contributed by atoms with Crippen molar-refractivity contribution in [2.45, 2.75) is 24.6 Å². The van der Waals surface area contributed by atoms with E-state index in [1.54, 1.807) is 18.2 Å². The van der Waals surface area contributed by atoms with Crippen LogP contribution in [0.1, 0.15) is 0 Å². The van der Waals surface area contributed by atoms with Crippen LogP contribution in [0.25, 0.3) is 0 Å². The van der Waals surface area contributed by atoms with E-state index < -0.39 is 47.2 Å². The Morgan fingerprint density at radius 2 is 1.06 bits per heavy atom. The van der Waals surface area contributed by atoms with Crippen molar-refractivity contribution in [1.82, 2.24) is 0 Å². The fourth-order valence-electron chi connectivity index (χ4n) is 3.31. The molecule has 0 bridgehead atoms. The van der Waals surface area contributed by atoms with Gasteiger partial charge in [-0.2, -0.15) is 8.42 Å². The molecule has 2 atom stereocenters. The summed E-state index contributed by atoms with van der Waals surface area (Å²) in [5, 5.41) is 6.25. The van der Waals surface area contributed by atoms with E-state index >= 15 is 0 Å². The molecule has 3 aromatic rings. The van der Waals surface area contributed by atoms with Gasteiger partial charge >= 0.3 is 20.3 Å². The van der Waals surface area contributed by atoms with Crippen molar-refractivity contribution in [3.63, 3.8) is 0 Å². The third-order valence-electron chi connectivity index (χ3n) is 4.62. The standard InChI is InChI=1S/C21H20ClF5O4S3/c22-20(16-28)21(34(23,24,25,26)27)33(29,30)31-32(17-10-4-1-5-11-17,18-12-6-2-7-13-18)19-14-8-3-9-15-19/h1-15,20-21,28H,16H2. The van der Waals surface area contributed by atoms with E-state index in [-0.39, 0.29) is 14.7 Å². The Kier molecular flexibility index (Phi) is 6.83. The monoisotopic (exact) mass is 562 g/mol. The zero-order valence-corrected chi connectivity index (χ0v) is 20.4. The average molecular weight is 563 g/mol. The van der Waals surface area contributed by atoms with E-state index in [0.29, 0.717) is 0 Å².